The maximum absolute atomic E-state index is 5.75. The van der Waals surface area contributed by atoms with E-state index in [1.54, 1.807) is 14.2 Å². The van der Waals surface area contributed by atoms with Crippen LogP contribution in [0.4, 0.5) is 34.1 Å². The minimum absolute atomic E-state index is 0.674. The van der Waals surface area contributed by atoms with Crippen LogP contribution >= 0.6 is 11.3 Å². The molecule has 1 heterocycles. The van der Waals surface area contributed by atoms with Crippen LogP contribution in [0.2, 0.25) is 0 Å². The molecule has 0 saturated carbocycles. The van der Waals surface area contributed by atoms with Crippen molar-refractivity contribution < 1.29 is 9.47 Å². The molecule has 0 bridgehead atoms. The highest BCUT2D eigenvalue weighted by Crippen LogP contribution is 2.53. The first-order valence-electron chi connectivity index (χ1n) is 22.5. The summed E-state index contributed by atoms with van der Waals surface area (Å²) >= 11 is 1.85. The van der Waals surface area contributed by atoms with Crippen molar-refractivity contribution in [2.24, 2.45) is 0 Å². The Morgan fingerprint density at radius 2 is 0.716 bits per heavy atom. The van der Waals surface area contributed by atoms with Gasteiger partial charge in [-0.25, -0.2) is 0 Å². The molecule has 0 unspecified atom stereocenters. The maximum Gasteiger partial charge on any atom is 0.162 e. The second-order valence-electron chi connectivity index (χ2n) is 16.4. The van der Waals surface area contributed by atoms with Crippen molar-refractivity contribution >= 4 is 67.0 Å². The van der Waals surface area contributed by atoms with E-state index in [9.17, 15) is 0 Å². The van der Waals surface area contributed by atoms with E-state index in [0.29, 0.717) is 11.5 Å². The fraction of sp³-hybridized carbons (Fsp3) is 0.0323. The highest BCUT2D eigenvalue weighted by atomic mass is 32.1. The number of hydrogen-bond acceptors (Lipinski definition) is 5. The van der Waals surface area contributed by atoms with Crippen LogP contribution in [0.15, 0.2) is 243 Å². The lowest BCUT2D eigenvalue weighted by Crippen LogP contribution is -2.11. The number of benzene rings is 10. The van der Waals surface area contributed by atoms with Crippen molar-refractivity contribution in [1.82, 2.24) is 0 Å². The molecule has 0 aliphatic heterocycles. The van der Waals surface area contributed by atoms with Gasteiger partial charge in [-0.05, 0) is 93.7 Å². The molecule has 0 aliphatic carbocycles. The van der Waals surface area contributed by atoms with Crippen LogP contribution in [-0.2, 0) is 0 Å². The largest absolute Gasteiger partial charge is 0.493 e. The highest BCUT2D eigenvalue weighted by molar-refractivity contribution is 7.20. The van der Waals surface area contributed by atoms with Crippen LogP contribution in [-0.4, -0.2) is 14.2 Å². The first kappa shape index (κ1) is 41.3. The summed E-state index contributed by atoms with van der Waals surface area (Å²) in [6.45, 7) is 0. The van der Waals surface area contributed by atoms with Gasteiger partial charge in [-0.2, -0.15) is 0 Å². The molecule has 67 heavy (non-hydrogen) atoms. The van der Waals surface area contributed by atoms with Crippen molar-refractivity contribution in [3.05, 3.63) is 243 Å². The minimum Gasteiger partial charge on any atom is -0.493 e. The van der Waals surface area contributed by atoms with Gasteiger partial charge in [0.2, 0.25) is 0 Å². The van der Waals surface area contributed by atoms with E-state index in [4.69, 9.17) is 9.47 Å². The molecular formula is C62H46N2O2S. The zero-order valence-corrected chi connectivity index (χ0v) is 38.0. The fourth-order valence-electron chi connectivity index (χ4n) is 9.32. The van der Waals surface area contributed by atoms with Crippen molar-refractivity contribution in [3.63, 3.8) is 0 Å². The molecule has 0 atom stereocenters. The monoisotopic (exact) mass is 882 g/mol. The van der Waals surface area contributed by atoms with E-state index in [-0.39, 0.29) is 0 Å². The number of ether oxygens (including phenoxy) is 2. The Morgan fingerprint density at radius 1 is 0.313 bits per heavy atom. The number of para-hydroxylation sites is 1. The highest BCUT2D eigenvalue weighted by Gasteiger charge is 2.25. The van der Waals surface area contributed by atoms with Gasteiger partial charge in [0.05, 0.1) is 31.3 Å². The number of anilines is 6. The van der Waals surface area contributed by atoms with Gasteiger partial charge in [0, 0.05) is 54.8 Å². The third-order valence-corrected chi connectivity index (χ3v) is 13.8. The molecule has 5 heteroatoms. The molecule has 0 spiro atoms. The summed E-state index contributed by atoms with van der Waals surface area (Å²) in [7, 11) is 3.34. The summed E-state index contributed by atoms with van der Waals surface area (Å²) in [5.41, 5.74) is 13.5. The van der Waals surface area contributed by atoms with E-state index >= 15 is 0 Å². The Hall–Kier alpha value is -8.38. The van der Waals surface area contributed by atoms with Gasteiger partial charge >= 0.3 is 0 Å². The topological polar surface area (TPSA) is 24.9 Å². The van der Waals surface area contributed by atoms with Gasteiger partial charge in [-0.15, -0.1) is 11.3 Å². The first-order valence-corrected chi connectivity index (χ1v) is 23.3. The van der Waals surface area contributed by atoms with E-state index in [1.165, 1.54) is 53.6 Å². The number of methoxy groups -OCH3 is 2. The quantitative estimate of drug-likeness (QED) is 0.122. The third-order valence-electron chi connectivity index (χ3n) is 12.5. The number of thiophene rings is 1. The molecule has 0 N–H and O–H groups in total. The average Bonchev–Trinajstić information content (AvgIpc) is 3.81. The van der Waals surface area contributed by atoms with Crippen molar-refractivity contribution in [2.45, 2.75) is 0 Å². The summed E-state index contributed by atoms with van der Waals surface area (Å²) in [4.78, 5) is 7.10. The molecule has 11 aromatic rings. The Kier molecular flexibility index (Phi) is 11.3. The van der Waals surface area contributed by atoms with Gasteiger partial charge in [0.25, 0.3) is 0 Å². The van der Waals surface area contributed by atoms with Crippen LogP contribution in [0.3, 0.4) is 0 Å². The van der Waals surface area contributed by atoms with Crippen LogP contribution in [0.1, 0.15) is 0 Å². The second-order valence-corrected chi connectivity index (χ2v) is 17.4. The molecule has 11 rings (SSSR count). The van der Waals surface area contributed by atoms with Crippen molar-refractivity contribution in [2.75, 3.05) is 24.0 Å². The van der Waals surface area contributed by atoms with Crippen LogP contribution < -0.4 is 19.3 Å². The fourth-order valence-corrected chi connectivity index (χ4v) is 10.7. The van der Waals surface area contributed by atoms with E-state index < -0.39 is 0 Å². The molecule has 1 aromatic heterocycles. The Labute approximate surface area is 395 Å². The molecule has 4 nitrogen and oxygen atoms in total. The Bertz CT molecular complexity index is 3390. The summed E-state index contributed by atoms with van der Waals surface area (Å²) in [6.07, 6.45) is 0. The predicted molar refractivity (Wildman–Crippen MR) is 284 cm³/mol. The SMILES string of the molecule is COc1ccc(N(c2ccccc2)c2ccc(-c3sc(-c4ccc(N(c5cccc6ccccc56)c5cccc6ccccc56)cc4)c(-c4ccccc4)c3-c3ccccc3)cc2)cc1OC. The predicted octanol–water partition coefficient (Wildman–Crippen LogP) is 17.7. The number of rotatable bonds is 12. The van der Waals surface area contributed by atoms with Gasteiger partial charge in [0.1, 0.15) is 0 Å². The molecular weight excluding hydrogens is 837 g/mol. The lowest BCUT2D eigenvalue weighted by atomic mass is 9.91. The van der Waals surface area contributed by atoms with Crippen molar-refractivity contribution in [1.29, 1.82) is 0 Å². The number of nitrogens with zero attached hydrogens (tertiary/aromatic N) is 2. The smallest absolute Gasteiger partial charge is 0.162 e. The van der Waals surface area contributed by atoms with Crippen LogP contribution in [0, 0.1) is 0 Å². The van der Waals surface area contributed by atoms with Gasteiger partial charge < -0.3 is 19.3 Å². The number of hydrogen-bond donors (Lipinski definition) is 0. The molecule has 0 aliphatic rings. The summed E-state index contributed by atoms with van der Waals surface area (Å²) in [6, 6.07) is 86.9. The molecule has 0 amide bonds. The molecule has 322 valence electrons. The zero-order chi connectivity index (χ0) is 45.1. The molecule has 0 fully saturated rings. The lowest BCUT2D eigenvalue weighted by molar-refractivity contribution is 0.355. The van der Waals surface area contributed by atoms with Gasteiger partial charge in [-0.1, -0.05) is 176 Å². The normalized spacial score (nSPS) is 11.1. The minimum atomic E-state index is 0.674. The van der Waals surface area contributed by atoms with Crippen molar-refractivity contribution in [3.8, 4) is 54.6 Å². The Balaban J connectivity index is 1.07. The molecule has 0 radical (unpaired) electrons. The summed E-state index contributed by atoms with van der Waals surface area (Å²) in [5, 5.41) is 4.81. The van der Waals surface area contributed by atoms with Crippen LogP contribution in [0.25, 0.3) is 64.7 Å². The second kappa shape index (κ2) is 18.2. The van der Waals surface area contributed by atoms with E-state index in [0.717, 1.165) is 45.3 Å². The van der Waals surface area contributed by atoms with Crippen LogP contribution in [0.5, 0.6) is 11.5 Å². The zero-order valence-electron chi connectivity index (χ0n) is 37.2. The molecule has 10 aromatic carbocycles. The standard InChI is InChI=1S/C62H46N2O2S/c1-65-57-41-40-52(42-58(57)66-2)63(49-26-10-5-11-27-49)50-36-32-47(33-37-50)61-59(45-20-6-3-7-21-45)60(46-22-8-4-9-23-46)62(67-61)48-34-38-51(39-35-48)64(55-30-16-24-43-18-12-14-28-53(43)55)56-31-17-25-44-19-13-15-29-54(44)56/h3-42H,1-2H3. The third kappa shape index (κ3) is 7.86. The van der Waals surface area contributed by atoms with Gasteiger partial charge in [0.15, 0.2) is 11.5 Å². The van der Waals surface area contributed by atoms with E-state index in [2.05, 4.69) is 234 Å². The summed E-state index contributed by atoms with van der Waals surface area (Å²) < 4.78 is 11.4. The number of fused-ring (bicyclic) bond motifs is 2. The first-order chi connectivity index (χ1) is 33.2. The lowest BCUT2D eigenvalue weighted by Gasteiger charge is -2.28. The Morgan fingerprint density at radius 3 is 1.21 bits per heavy atom. The molecule has 0 saturated heterocycles. The summed E-state index contributed by atoms with van der Waals surface area (Å²) in [5.74, 6) is 1.36. The maximum atomic E-state index is 5.75. The average molecular weight is 883 g/mol. The van der Waals surface area contributed by atoms with E-state index in [1.807, 2.05) is 29.5 Å². The van der Waals surface area contributed by atoms with Gasteiger partial charge in [-0.3, -0.25) is 0 Å².